The molecule has 76 valence electrons. The summed E-state index contributed by atoms with van der Waals surface area (Å²) in [5.41, 5.74) is 1.03. The van der Waals surface area contributed by atoms with Crippen LogP contribution >= 0.6 is 0 Å². The van der Waals surface area contributed by atoms with Gasteiger partial charge < -0.3 is 5.11 Å². The summed E-state index contributed by atoms with van der Waals surface area (Å²) in [7, 11) is -1.27. The minimum atomic E-state index is -1.27. The standard InChI is InChI=1S/C9H11NO3S/c11-9(12)7-14(13)6-3-8-1-4-10-5-2-8/h1-2,4-5H,3,6-7H2,(H,11,12). The van der Waals surface area contributed by atoms with Crippen LogP contribution in [-0.2, 0) is 22.0 Å². The van der Waals surface area contributed by atoms with Crippen LogP contribution in [0.1, 0.15) is 5.56 Å². The molecule has 0 aliphatic rings. The van der Waals surface area contributed by atoms with Crippen molar-refractivity contribution in [2.45, 2.75) is 6.42 Å². The van der Waals surface area contributed by atoms with Gasteiger partial charge in [0.25, 0.3) is 0 Å². The number of aryl methyl sites for hydroxylation is 1. The first-order chi connectivity index (χ1) is 6.68. The van der Waals surface area contributed by atoms with Crippen molar-refractivity contribution in [1.29, 1.82) is 0 Å². The van der Waals surface area contributed by atoms with Crippen molar-refractivity contribution in [3.05, 3.63) is 30.1 Å². The number of pyridine rings is 1. The number of hydrogen-bond donors (Lipinski definition) is 1. The van der Waals surface area contributed by atoms with Crippen molar-refractivity contribution in [3.8, 4) is 0 Å². The van der Waals surface area contributed by atoms with Gasteiger partial charge in [-0.25, -0.2) is 0 Å². The zero-order valence-electron chi connectivity index (χ0n) is 7.55. The van der Waals surface area contributed by atoms with Crippen LogP contribution in [0, 0.1) is 0 Å². The third-order valence-electron chi connectivity index (χ3n) is 1.65. The highest BCUT2D eigenvalue weighted by atomic mass is 32.2. The molecule has 0 fully saturated rings. The Labute approximate surface area is 84.4 Å². The molecule has 1 N–H and O–H groups in total. The van der Waals surface area contributed by atoms with Crippen LogP contribution < -0.4 is 0 Å². The maximum Gasteiger partial charge on any atom is 0.316 e. The molecule has 14 heavy (non-hydrogen) atoms. The van der Waals surface area contributed by atoms with Gasteiger partial charge in [0.1, 0.15) is 5.75 Å². The monoisotopic (exact) mass is 213 g/mol. The van der Waals surface area contributed by atoms with Gasteiger partial charge in [0.2, 0.25) is 0 Å². The average molecular weight is 213 g/mol. The first kappa shape index (κ1) is 10.8. The second-order valence-electron chi connectivity index (χ2n) is 2.79. The lowest BCUT2D eigenvalue weighted by atomic mass is 10.2. The van der Waals surface area contributed by atoms with Crippen molar-refractivity contribution in [1.82, 2.24) is 4.98 Å². The van der Waals surface area contributed by atoms with Crippen molar-refractivity contribution in [2.75, 3.05) is 11.5 Å². The average Bonchev–Trinajstić information content (AvgIpc) is 2.15. The van der Waals surface area contributed by atoms with Crippen molar-refractivity contribution >= 4 is 16.8 Å². The molecule has 5 heteroatoms. The summed E-state index contributed by atoms with van der Waals surface area (Å²) >= 11 is 0. The molecule has 1 unspecified atom stereocenters. The van der Waals surface area contributed by atoms with Gasteiger partial charge in [-0.3, -0.25) is 14.0 Å². The molecule has 0 saturated carbocycles. The minimum Gasteiger partial charge on any atom is -0.481 e. The van der Waals surface area contributed by atoms with E-state index in [0.29, 0.717) is 12.2 Å². The van der Waals surface area contributed by atoms with E-state index in [0.717, 1.165) is 5.56 Å². The fourth-order valence-electron chi connectivity index (χ4n) is 0.991. The molecule has 0 aliphatic carbocycles. The Bertz CT molecular complexity index is 326. The highest BCUT2D eigenvalue weighted by molar-refractivity contribution is 7.85. The summed E-state index contributed by atoms with van der Waals surface area (Å²) in [6.45, 7) is 0. The van der Waals surface area contributed by atoms with Gasteiger partial charge in [-0.15, -0.1) is 0 Å². The van der Waals surface area contributed by atoms with E-state index in [1.807, 2.05) is 12.1 Å². The van der Waals surface area contributed by atoms with E-state index in [1.165, 1.54) is 0 Å². The molecule has 1 rings (SSSR count). The summed E-state index contributed by atoms with van der Waals surface area (Å²) < 4.78 is 11.1. The van der Waals surface area contributed by atoms with Gasteiger partial charge in [-0.1, -0.05) is 0 Å². The molecule has 0 saturated heterocycles. The van der Waals surface area contributed by atoms with Gasteiger partial charge >= 0.3 is 5.97 Å². The van der Waals surface area contributed by atoms with Gasteiger partial charge in [0.05, 0.1) is 0 Å². The maximum atomic E-state index is 11.1. The van der Waals surface area contributed by atoms with E-state index in [2.05, 4.69) is 4.98 Å². The van der Waals surface area contributed by atoms with Crippen molar-refractivity contribution in [3.63, 3.8) is 0 Å². The highest BCUT2D eigenvalue weighted by Gasteiger charge is 2.05. The first-order valence-corrected chi connectivity index (χ1v) is 5.63. The number of nitrogens with zero attached hydrogens (tertiary/aromatic N) is 1. The number of rotatable bonds is 5. The molecule has 0 radical (unpaired) electrons. The molecule has 1 heterocycles. The van der Waals surface area contributed by atoms with E-state index in [1.54, 1.807) is 12.4 Å². The van der Waals surface area contributed by atoms with Crippen molar-refractivity contribution < 1.29 is 14.1 Å². The second kappa shape index (κ2) is 5.49. The smallest absolute Gasteiger partial charge is 0.316 e. The largest absolute Gasteiger partial charge is 0.481 e. The second-order valence-corrected chi connectivity index (χ2v) is 4.36. The molecular formula is C9H11NO3S. The van der Waals surface area contributed by atoms with E-state index < -0.39 is 16.8 Å². The van der Waals surface area contributed by atoms with Crippen LogP contribution in [0.5, 0.6) is 0 Å². The Kier molecular flexibility index (Phi) is 4.25. The fourth-order valence-corrected chi connectivity index (χ4v) is 1.87. The van der Waals surface area contributed by atoms with Crippen LogP contribution in [0.15, 0.2) is 24.5 Å². The zero-order chi connectivity index (χ0) is 10.4. The number of aliphatic carboxylic acids is 1. The first-order valence-electron chi connectivity index (χ1n) is 4.14. The van der Waals surface area contributed by atoms with Crippen LogP contribution in [0.2, 0.25) is 0 Å². The van der Waals surface area contributed by atoms with Crippen molar-refractivity contribution in [2.24, 2.45) is 0 Å². The van der Waals surface area contributed by atoms with Gasteiger partial charge in [0.15, 0.2) is 0 Å². The van der Waals surface area contributed by atoms with Gasteiger partial charge in [0, 0.05) is 28.9 Å². The summed E-state index contributed by atoms with van der Waals surface area (Å²) in [5, 5.41) is 8.38. The molecule has 0 aromatic carbocycles. The molecule has 0 aliphatic heterocycles. The fraction of sp³-hybridized carbons (Fsp3) is 0.333. The highest BCUT2D eigenvalue weighted by Crippen LogP contribution is 1.98. The number of hydrogen-bond acceptors (Lipinski definition) is 3. The topological polar surface area (TPSA) is 67.3 Å². The Balaban J connectivity index is 2.34. The third-order valence-corrected chi connectivity index (χ3v) is 2.88. The summed E-state index contributed by atoms with van der Waals surface area (Å²) in [6, 6.07) is 3.66. The Morgan fingerprint density at radius 2 is 2.07 bits per heavy atom. The number of carbonyl (C=O) groups is 1. The van der Waals surface area contributed by atoms with Crippen LogP contribution in [0.4, 0.5) is 0 Å². The molecule has 4 nitrogen and oxygen atoms in total. The molecule has 1 atom stereocenters. The molecule has 1 aromatic rings. The molecule has 0 amide bonds. The molecule has 1 aromatic heterocycles. The van der Waals surface area contributed by atoms with E-state index in [9.17, 15) is 9.00 Å². The van der Waals surface area contributed by atoms with E-state index >= 15 is 0 Å². The number of carboxylic acid groups (broad SMARTS) is 1. The Hall–Kier alpha value is -1.23. The predicted octanol–water partition coefficient (Wildman–Crippen LogP) is 0.457. The lowest BCUT2D eigenvalue weighted by Gasteiger charge is -1.99. The van der Waals surface area contributed by atoms with E-state index in [-0.39, 0.29) is 5.75 Å². The lowest BCUT2D eigenvalue weighted by Crippen LogP contribution is -2.13. The van der Waals surface area contributed by atoms with Crippen LogP contribution in [0.25, 0.3) is 0 Å². The Morgan fingerprint density at radius 3 is 2.64 bits per heavy atom. The number of carboxylic acids is 1. The van der Waals surface area contributed by atoms with Crippen LogP contribution in [0.3, 0.4) is 0 Å². The normalized spacial score (nSPS) is 12.3. The van der Waals surface area contributed by atoms with Gasteiger partial charge in [-0.05, 0) is 24.1 Å². The minimum absolute atomic E-state index is 0.273. The number of aromatic nitrogens is 1. The molecule has 0 bridgehead atoms. The predicted molar refractivity (Wildman–Crippen MR) is 53.5 cm³/mol. The Morgan fingerprint density at radius 1 is 1.43 bits per heavy atom. The van der Waals surface area contributed by atoms with E-state index in [4.69, 9.17) is 5.11 Å². The quantitative estimate of drug-likeness (QED) is 0.771. The summed E-state index contributed by atoms with van der Waals surface area (Å²) in [4.78, 5) is 14.1. The third kappa shape index (κ3) is 4.13. The lowest BCUT2D eigenvalue weighted by molar-refractivity contribution is -0.133. The summed E-state index contributed by atoms with van der Waals surface area (Å²) in [5.74, 6) is -0.903. The summed E-state index contributed by atoms with van der Waals surface area (Å²) in [6.07, 6.45) is 3.95. The SMILES string of the molecule is O=C(O)CS(=O)CCc1ccncc1. The maximum absolute atomic E-state index is 11.1. The van der Waals surface area contributed by atoms with Crippen LogP contribution in [-0.4, -0.2) is 31.8 Å². The van der Waals surface area contributed by atoms with Gasteiger partial charge in [-0.2, -0.15) is 0 Å². The zero-order valence-corrected chi connectivity index (χ0v) is 8.37. The molecule has 0 spiro atoms. The molecular weight excluding hydrogens is 202 g/mol.